The van der Waals surface area contributed by atoms with E-state index >= 15 is 0 Å². The highest BCUT2D eigenvalue weighted by Crippen LogP contribution is 2.22. The SMILES string of the molecule is Cc1ccc(N(C)C(C)CO)c(CO)c1. The zero-order valence-corrected chi connectivity index (χ0v) is 9.57. The Labute approximate surface area is 91.0 Å². The highest BCUT2D eigenvalue weighted by Gasteiger charge is 2.12. The van der Waals surface area contributed by atoms with E-state index in [9.17, 15) is 5.11 Å². The van der Waals surface area contributed by atoms with Gasteiger partial charge in [-0.25, -0.2) is 0 Å². The van der Waals surface area contributed by atoms with Crippen molar-refractivity contribution in [3.63, 3.8) is 0 Å². The number of aryl methyl sites for hydroxylation is 1. The number of rotatable bonds is 4. The van der Waals surface area contributed by atoms with Gasteiger partial charge in [0.2, 0.25) is 0 Å². The molecule has 84 valence electrons. The molecule has 0 bridgehead atoms. The highest BCUT2D eigenvalue weighted by molar-refractivity contribution is 5.54. The summed E-state index contributed by atoms with van der Waals surface area (Å²) in [6.07, 6.45) is 0. The minimum absolute atomic E-state index is 0.0273. The lowest BCUT2D eigenvalue weighted by Crippen LogP contribution is -2.32. The predicted molar refractivity (Wildman–Crippen MR) is 62.1 cm³/mol. The van der Waals surface area contributed by atoms with Gasteiger partial charge in [0.25, 0.3) is 0 Å². The fourth-order valence-corrected chi connectivity index (χ4v) is 1.54. The van der Waals surface area contributed by atoms with Crippen LogP contribution in [-0.4, -0.2) is 29.9 Å². The summed E-state index contributed by atoms with van der Waals surface area (Å²) in [6, 6.07) is 6.01. The van der Waals surface area contributed by atoms with E-state index in [4.69, 9.17) is 5.11 Å². The first kappa shape index (κ1) is 12.0. The van der Waals surface area contributed by atoms with Gasteiger partial charge in [0.15, 0.2) is 0 Å². The smallest absolute Gasteiger partial charge is 0.0702 e. The molecule has 3 nitrogen and oxygen atoms in total. The van der Waals surface area contributed by atoms with Crippen LogP contribution in [0.5, 0.6) is 0 Å². The number of anilines is 1. The Balaban J connectivity index is 3.02. The summed E-state index contributed by atoms with van der Waals surface area (Å²) in [4.78, 5) is 1.98. The maximum atomic E-state index is 9.26. The van der Waals surface area contributed by atoms with Gasteiger partial charge in [-0.2, -0.15) is 0 Å². The van der Waals surface area contributed by atoms with Crippen molar-refractivity contribution < 1.29 is 10.2 Å². The van der Waals surface area contributed by atoms with Crippen molar-refractivity contribution in [2.75, 3.05) is 18.6 Å². The van der Waals surface area contributed by atoms with E-state index < -0.39 is 0 Å². The van der Waals surface area contributed by atoms with E-state index in [1.807, 2.05) is 44.0 Å². The lowest BCUT2D eigenvalue weighted by atomic mass is 10.1. The number of hydrogen-bond donors (Lipinski definition) is 2. The van der Waals surface area contributed by atoms with E-state index in [1.165, 1.54) is 0 Å². The molecule has 1 aromatic carbocycles. The number of aliphatic hydroxyl groups excluding tert-OH is 2. The largest absolute Gasteiger partial charge is 0.394 e. The van der Waals surface area contributed by atoms with Crippen LogP contribution in [0.25, 0.3) is 0 Å². The van der Waals surface area contributed by atoms with Gasteiger partial charge < -0.3 is 15.1 Å². The first-order chi connectivity index (χ1) is 7.10. The van der Waals surface area contributed by atoms with Crippen LogP contribution in [0, 0.1) is 6.92 Å². The standard InChI is InChI=1S/C12H19NO2/c1-9-4-5-12(11(6-9)8-15)13(3)10(2)7-14/h4-6,10,14-15H,7-8H2,1-3H3. The van der Waals surface area contributed by atoms with Gasteiger partial charge >= 0.3 is 0 Å². The molecular formula is C12H19NO2. The maximum Gasteiger partial charge on any atom is 0.0702 e. The summed E-state index contributed by atoms with van der Waals surface area (Å²) < 4.78 is 0. The molecule has 0 aromatic heterocycles. The fraction of sp³-hybridized carbons (Fsp3) is 0.500. The third-order valence-electron chi connectivity index (χ3n) is 2.71. The van der Waals surface area contributed by atoms with Gasteiger partial charge in [-0.15, -0.1) is 0 Å². The molecule has 2 N–H and O–H groups in total. The minimum atomic E-state index is 0.0273. The molecule has 0 radical (unpaired) electrons. The van der Waals surface area contributed by atoms with Crippen molar-refractivity contribution >= 4 is 5.69 Å². The second kappa shape index (κ2) is 5.14. The average molecular weight is 209 g/mol. The second-order valence-corrected chi connectivity index (χ2v) is 3.93. The summed E-state index contributed by atoms with van der Waals surface area (Å²) in [5.74, 6) is 0. The van der Waals surface area contributed by atoms with Crippen LogP contribution in [0.2, 0.25) is 0 Å². The number of benzene rings is 1. The third-order valence-corrected chi connectivity index (χ3v) is 2.71. The molecule has 0 heterocycles. The predicted octanol–water partition coefficient (Wildman–Crippen LogP) is 1.30. The van der Waals surface area contributed by atoms with E-state index in [1.54, 1.807) is 0 Å². The molecule has 0 aliphatic heterocycles. The number of hydrogen-bond acceptors (Lipinski definition) is 3. The molecule has 0 aliphatic rings. The van der Waals surface area contributed by atoms with Gasteiger partial charge in [0.1, 0.15) is 0 Å². The molecule has 0 fully saturated rings. The van der Waals surface area contributed by atoms with Crippen LogP contribution in [0.1, 0.15) is 18.1 Å². The van der Waals surface area contributed by atoms with Crippen molar-refractivity contribution in [2.45, 2.75) is 26.5 Å². The molecule has 1 rings (SSSR count). The first-order valence-corrected chi connectivity index (χ1v) is 5.14. The van der Waals surface area contributed by atoms with Crippen LogP contribution in [0.4, 0.5) is 5.69 Å². The van der Waals surface area contributed by atoms with Crippen molar-refractivity contribution in [1.82, 2.24) is 0 Å². The van der Waals surface area contributed by atoms with Crippen LogP contribution in [0.15, 0.2) is 18.2 Å². The van der Waals surface area contributed by atoms with Gasteiger partial charge in [-0.1, -0.05) is 17.7 Å². The average Bonchev–Trinajstić information content (AvgIpc) is 2.26. The third kappa shape index (κ3) is 2.70. The first-order valence-electron chi connectivity index (χ1n) is 5.14. The van der Waals surface area contributed by atoms with Crippen LogP contribution in [0.3, 0.4) is 0 Å². The molecular weight excluding hydrogens is 190 g/mol. The van der Waals surface area contributed by atoms with Crippen LogP contribution < -0.4 is 4.90 Å². The van der Waals surface area contributed by atoms with Crippen molar-refractivity contribution in [1.29, 1.82) is 0 Å². The van der Waals surface area contributed by atoms with Gasteiger partial charge in [0.05, 0.1) is 13.2 Å². The fourth-order valence-electron chi connectivity index (χ4n) is 1.54. The monoisotopic (exact) mass is 209 g/mol. The molecule has 1 aromatic rings. The molecule has 0 amide bonds. The summed E-state index contributed by atoms with van der Waals surface area (Å²) in [5, 5.41) is 18.3. The Morgan fingerprint density at radius 3 is 2.53 bits per heavy atom. The van der Waals surface area contributed by atoms with Gasteiger partial charge in [-0.3, -0.25) is 0 Å². The molecule has 1 unspecified atom stereocenters. The summed E-state index contributed by atoms with van der Waals surface area (Å²) in [7, 11) is 1.92. The summed E-state index contributed by atoms with van der Waals surface area (Å²) >= 11 is 0. The van der Waals surface area contributed by atoms with Crippen LogP contribution in [-0.2, 0) is 6.61 Å². The normalized spacial score (nSPS) is 12.6. The van der Waals surface area contributed by atoms with E-state index in [-0.39, 0.29) is 19.3 Å². The summed E-state index contributed by atoms with van der Waals surface area (Å²) in [6.45, 7) is 4.08. The Bertz CT molecular complexity index is 325. The van der Waals surface area contributed by atoms with E-state index in [0.29, 0.717) is 0 Å². The zero-order valence-electron chi connectivity index (χ0n) is 9.57. The van der Waals surface area contributed by atoms with E-state index in [2.05, 4.69) is 0 Å². The molecule has 0 saturated carbocycles. The summed E-state index contributed by atoms with van der Waals surface area (Å²) in [5.41, 5.74) is 3.01. The molecule has 15 heavy (non-hydrogen) atoms. The topological polar surface area (TPSA) is 43.7 Å². The second-order valence-electron chi connectivity index (χ2n) is 3.93. The Morgan fingerprint density at radius 1 is 1.33 bits per heavy atom. The number of aliphatic hydroxyl groups is 2. The molecule has 0 spiro atoms. The quantitative estimate of drug-likeness (QED) is 0.785. The molecule has 0 aliphatic carbocycles. The van der Waals surface area contributed by atoms with Crippen molar-refractivity contribution in [3.8, 4) is 0 Å². The molecule has 3 heteroatoms. The molecule has 1 atom stereocenters. The Kier molecular flexibility index (Phi) is 4.12. The van der Waals surface area contributed by atoms with Crippen molar-refractivity contribution in [2.24, 2.45) is 0 Å². The van der Waals surface area contributed by atoms with Gasteiger partial charge in [-0.05, 0) is 19.9 Å². The van der Waals surface area contributed by atoms with Crippen LogP contribution >= 0.6 is 0 Å². The minimum Gasteiger partial charge on any atom is -0.394 e. The zero-order chi connectivity index (χ0) is 11.4. The van der Waals surface area contributed by atoms with Crippen molar-refractivity contribution in [3.05, 3.63) is 29.3 Å². The number of nitrogens with zero attached hydrogens (tertiary/aromatic N) is 1. The number of likely N-dealkylation sites (N-methyl/N-ethyl adjacent to an activating group) is 1. The lowest BCUT2D eigenvalue weighted by molar-refractivity contribution is 0.267. The lowest BCUT2D eigenvalue weighted by Gasteiger charge is -2.27. The Hall–Kier alpha value is -1.06. The highest BCUT2D eigenvalue weighted by atomic mass is 16.3. The van der Waals surface area contributed by atoms with Gasteiger partial charge in [0, 0.05) is 24.3 Å². The Morgan fingerprint density at radius 2 is 2.00 bits per heavy atom. The maximum absolute atomic E-state index is 9.26. The van der Waals surface area contributed by atoms with E-state index in [0.717, 1.165) is 16.8 Å². The molecule has 0 saturated heterocycles.